The van der Waals surface area contributed by atoms with Crippen LogP contribution in [0.4, 0.5) is 0 Å². The number of aryl methyl sites for hydroxylation is 1. The van der Waals surface area contributed by atoms with Gasteiger partial charge < -0.3 is 14.3 Å². The third-order valence-electron chi connectivity index (χ3n) is 4.66. The second kappa shape index (κ2) is 10.00. The van der Waals surface area contributed by atoms with Gasteiger partial charge in [0.2, 0.25) is 0 Å². The van der Waals surface area contributed by atoms with Gasteiger partial charge in [0.1, 0.15) is 28.8 Å². The van der Waals surface area contributed by atoms with E-state index in [4.69, 9.17) is 9.15 Å². The summed E-state index contributed by atoms with van der Waals surface area (Å²) in [6, 6.07) is 22.5. The average Bonchev–Trinajstić information content (AvgIpc) is 2.81. The largest absolute Gasteiger partial charge is 0.506 e. The summed E-state index contributed by atoms with van der Waals surface area (Å²) in [6.07, 6.45) is 4.24. The second-order valence-electron chi connectivity index (χ2n) is 6.87. The Labute approximate surface area is 184 Å². The third kappa shape index (κ3) is 5.55. The Hall–Kier alpha value is -3.51. The summed E-state index contributed by atoms with van der Waals surface area (Å²) in [5.41, 5.74) is 2.35. The summed E-state index contributed by atoms with van der Waals surface area (Å²) in [7, 11) is 0. The number of hydrogen-bond acceptors (Lipinski definition) is 6. The van der Waals surface area contributed by atoms with E-state index in [-0.39, 0.29) is 10.6 Å². The van der Waals surface area contributed by atoms with E-state index in [0.29, 0.717) is 29.4 Å². The lowest BCUT2D eigenvalue weighted by Crippen LogP contribution is -2.04. The fraction of sp³-hybridized carbons (Fsp3) is 0.120. The quantitative estimate of drug-likeness (QED) is 0.381. The average molecular weight is 432 g/mol. The lowest BCUT2D eigenvalue weighted by Gasteiger charge is -2.08. The van der Waals surface area contributed by atoms with Crippen molar-refractivity contribution in [3.63, 3.8) is 0 Å². The smallest absolute Gasteiger partial charge is 0.353 e. The van der Waals surface area contributed by atoms with Gasteiger partial charge in [-0.05, 0) is 53.9 Å². The zero-order valence-electron chi connectivity index (χ0n) is 16.7. The normalized spacial score (nSPS) is 10.7. The molecule has 0 aliphatic rings. The van der Waals surface area contributed by atoms with Gasteiger partial charge in [0.15, 0.2) is 0 Å². The molecule has 2 heterocycles. The van der Waals surface area contributed by atoms with Crippen molar-refractivity contribution in [3.8, 4) is 22.8 Å². The third-order valence-corrected chi connectivity index (χ3v) is 5.73. The van der Waals surface area contributed by atoms with Gasteiger partial charge in [-0.25, -0.2) is 4.79 Å². The minimum absolute atomic E-state index is 0.0673. The highest BCUT2D eigenvalue weighted by Gasteiger charge is 2.13. The summed E-state index contributed by atoms with van der Waals surface area (Å²) < 4.78 is 11.2. The summed E-state index contributed by atoms with van der Waals surface area (Å²) in [5, 5.41) is 10.4. The maximum atomic E-state index is 12.4. The van der Waals surface area contributed by atoms with Crippen LogP contribution in [-0.2, 0) is 13.0 Å². The number of ether oxygens (including phenoxy) is 1. The van der Waals surface area contributed by atoms with Crippen LogP contribution in [0.15, 0.2) is 99.3 Å². The molecule has 0 fully saturated rings. The Morgan fingerprint density at radius 3 is 2.39 bits per heavy atom. The number of aromatic hydroxyl groups is 1. The molecule has 5 nitrogen and oxygen atoms in total. The minimum atomic E-state index is -0.536. The van der Waals surface area contributed by atoms with Crippen LogP contribution < -0.4 is 10.4 Å². The van der Waals surface area contributed by atoms with E-state index in [1.165, 1.54) is 23.4 Å². The van der Waals surface area contributed by atoms with Crippen LogP contribution in [0.2, 0.25) is 0 Å². The van der Waals surface area contributed by atoms with Crippen LogP contribution in [0, 0.1) is 0 Å². The predicted octanol–water partition coefficient (Wildman–Crippen LogP) is 5.32. The van der Waals surface area contributed by atoms with E-state index in [1.54, 1.807) is 36.7 Å². The van der Waals surface area contributed by atoms with Crippen LogP contribution in [-0.4, -0.2) is 15.8 Å². The second-order valence-corrected chi connectivity index (χ2v) is 7.97. The van der Waals surface area contributed by atoms with Crippen LogP contribution in [0.25, 0.3) is 11.3 Å². The topological polar surface area (TPSA) is 72.6 Å². The fourth-order valence-corrected chi connectivity index (χ4v) is 3.93. The Bertz CT molecular complexity index is 1180. The highest BCUT2D eigenvalue weighted by atomic mass is 32.2. The van der Waals surface area contributed by atoms with Crippen LogP contribution in [0.1, 0.15) is 11.1 Å². The number of pyridine rings is 1. The van der Waals surface area contributed by atoms with Gasteiger partial charge in [-0.3, -0.25) is 4.98 Å². The van der Waals surface area contributed by atoms with Crippen LogP contribution >= 0.6 is 11.8 Å². The van der Waals surface area contributed by atoms with Gasteiger partial charge in [-0.2, -0.15) is 0 Å². The molecular formula is C25H21NO4S. The molecule has 0 spiro atoms. The number of thioether (sulfide) groups is 1. The first-order chi connectivity index (χ1) is 15.2. The first-order valence-corrected chi connectivity index (χ1v) is 10.8. The molecular weight excluding hydrogens is 410 g/mol. The van der Waals surface area contributed by atoms with E-state index >= 15 is 0 Å². The number of hydrogen-bond donors (Lipinski definition) is 1. The molecule has 0 aliphatic heterocycles. The van der Waals surface area contributed by atoms with Crippen molar-refractivity contribution in [2.75, 3.05) is 5.75 Å². The van der Waals surface area contributed by atoms with E-state index in [1.807, 2.05) is 42.5 Å². The van der Waals surface area contributed by atoms with Crippen molar-refractivity contribution in [3.05, 3.63) is 107 Å². The molecule has 0 aliphatic carbocycles. The number of nitrogens with zero attached hydrogens (tertiary/aromatic N) is 1. The number of benzene rings is 2. The van der Waals surface area contributed by atoms with Crippen molar-refractivity contribution >= 4 is 11.8 Å². The van der Waals surface area contributed by atoms with Crippen molar-refractivity contribution in [1.82, 2.24) is 4.98 Å². The van der Waals surface area contributed by atoms with Crippen LogP contribution in [0.5, 0.6) is 11.5 Å². The number of aromatic nitrogens is 1. The molecule has 1 N–H and O–H groups in total. The molecule has 0 unspecified atom stereocenters. The molecule has 0 saturated carbocycles. The highest BCUT2D eigenvalue weighted by molar-refractivity contribution is 7.99. The zero-order valence-corrected chi connectivity index (χ0v) is 17.5. The highest BCUT2D eigenvalue weighted by Crippen LogP contribution is 2.31. The van der Waals surface area contributed by atoms with Gasteiger partial charge in [0, 0.05) is 29.8 Å². The molecule has 2 aromatic heterocycles. The van der Waals surface area contributed by atoms with Crippen molar-refractivity contribution < 1.29 is 14.3 Å². The van der Waals surface area contributed by atoms with Crippen LogP contribution in [0.3, 0.4) is 0 Å². The van der Waals surface area contributed by atoms with Crippen molar-refractivity contribution in [1.29, 1.82) is 0 Å². The Morgan fingerprint density at radius 1 is 0.935 bits per heavy atom. The van der Waals surface area contributed by atoms with Gasteiger partial charge in [0.05, 0.1) is 0 Å². The molecule has 4 rings (SSSR count). The first-order valence-electron chi connectivity index (χ1n) is 9.85. The Morgan fingerprint density at radius 2 is 1.68 bits per heavy atom. The molecule has 31 heavy (non-hydrogen) atoms. The Balaban J connectivity index is 1.40. The van der Waals surface area contributed by atoms with Gasteiger partial charge in [0.25, 0.3) is 0 Å². The van der Waals surface area contributed by atoms with Crippen molar-refractivity contribution in [2.45, 2.75) is 17.9 Å². The molecule has 6 heteroatoms. The lowest BCUT2D eigenvalue weighted by molar-refractivity contribution is 0.306. The SMILES string of the molecule is O=c1oc(-c2ccc(OCc3ccncc3)cc2)cc(O)c1SCCc1ccccc1. The number of rotatable bonds is 8. The minimum Gasteiger partial charge on any atom is -0.506 e. The summed E-state index contributed by atoms with van der Waals surface area (Å²) in [4.78, 5) is 16.6. The fourth-order valence-electron chi connectivity index (χ4n) is 3.02. The van der Waals surface area contributed by atoms with Crippen molar-refractivity contribution in [2.24, 2.45) is 0 Å². The summed E-state index contributed by atoms with van der Waals surface area (Å²) in [5.74, 6) is 1.61. The maximum Gasteiger partial charge on any atom is 0.353 e. The molecule has 0 bridgehead atoms. The summed E-state index contributed by atoms with van der Waals surface area (Å²) in [6.45, 7) is 0.437. The van der Waals surface area contributed by atoms with E-state index in [2.05, 4.69) is 4.98 Å². The predicted molar refractivity (Wildman–Crippen MR) is 122 cm³/mol. The molecule has 4 aromatic rings. The van der Waals surface area contributed by atoms with Gasteiger partial charge in [-0.1, -0.05) is 30.3 Å². The lowest BCUT2D eigenvalue weighted by atomic mass is 10.1. The molecule has 156 valence electrons. The maximum absolute atomic E-state index is 12.4. The molecule has 0 amide bonds. The van der Waals surface area contributed by atoms with E-state index < -0.39 is 5.63 Å². The van der Waals surface area contributed by atoms with E-state index in [0.717, 1.165) is 12.0 Å². The molecule has 0 atom stereocenters. The van der Waals surface area contributed by atoms with Gasteiger partial charge >= 0.3 is 5.63 Å². The Kier molecular flexibility index (Phi) is 6.69. The summed E-state index contributed by atoms with van der Waals surface area (Å²) >= 11 is 1.30. The monoisotopic (exact) mass is 431 g/mol. The molecule has 0 radical (unpaired) electrons. The standard InChI is InChI=1S/C25H21NO4S/c27-22-16-23(30-25(28)24(22)31-15-12-18-4-2-1-3-5-18)20-6-8-21(9-7-20)29-17-19-10-13-26-14-11-19/h1-11,13-14,16,27H,12,15,17H2. The van der Waals surface area contributed by atoms with E-state index in [9.17, 15) is 9.90 Å². The molecule has 2 aromatic carbocycles. The van der Waals surface area contributed by atoms with Gasteiger partial charge in [-0.15, -0.1) is 11.8 Å². The molecule has 0 saturated heterocycles. The zero-order chi connectivity index (χ0) is 21.5. The first kappa shape index (κ1) is 20.8.